The molecule has 2 unspecified atom stereocenters. The van der Waals surface area contributed by atoms with Crippen molar-refractivity contribution < 1.29 is 4.74 Å². The average Bonchev–Trinajstić information content (AvgIpc) is 3.51. The Kier molecular flexibility index (Phi) is 5.92. The Morgan fingerprint density at radius 1 is 0.867 bits per heavy atom. The third-order valence-corrected chi connectivity index (χ3v) is 7.32. The summed E-state index contributed by atoms with van der Waals surface area (Å²) in [6, 6.07) is 18.0. The minimum Gasteiger partial charge on any atom is -0.497 e. The summed E-state index contributed by atoms with van der Waals surface area (Å²) in [7, 11) is 1.73. The Morgan fingerprint density at radius 2 is 1.60 bits per heavy atom. The van der Waals surface area contributed by atoms with Crippen molar-refractivity contribution in [2.75, 3.05) is 39.8 Å². The van der Waals surface area contributed by atoms with Crippen molar-refractivity contribution >= 4 is 5.57 Å². The lowest BCUT2D eigenvalue weighted by Gasteiger charge is -2.18. The smallest absolute Gasteiger partial charge is 0.118 e. The lowest BCUT2D eigenvalue weighted by molar-refractivity contribution is 0.314. The lowest BCUT2D eigenvalue weighted by atomic mass is 9.90. The van der Waals surface area contributed by atoms with Crippen LogP contribution in [0.5, 0.6) is 5.75 Å². The van der Waals surface area contributed by atoms with Gasteiger partial charge in [0.05, 0.1) is 7.11 Å². The van der Waals surface area contributed by atoms with Crippen molar-refractivity contribution in [1.29, 1.82) is 0 Å². The first-order valence-corrected chi connectivity index (χ1v) is 11.7. The predicted octanol–water partition coefficient (Wildman–Crippen LogP) is 4.87. The van der Waals surface area contributed by atoms with Gasteiger partial charge < -0.3 is 9.64 Å². The zero-order valence-corrected chi connectivity index (χ0v) is 18.2. The maximum Gasteiger partial charge on any atom is 0.118 e. The van der Waals surface area contributed by atoms with Crippen LogP contribution in [0.2, 0.25) is 0 Å². The normalized spacial score (nSPS) is 24.2. The van der Waals surface area contributed by atoms with Gasteiger partial charge in [-0.3, -0.25) is 4.90 Å². The molecule has 2 aromatic carbocycles. The molecule has 5 rings (SSSR count). The van der Waals surface area contributed by atoms with Gasteiger partial charge in [0.15, 0.2) is 0 Å². The standard InChI is InChI=1S/C27H34N2O/c1-30-25-11-6-22(7-12-25)18-29-19-24-10-13-26(27(24)20-29)23-8-4-21(5-9-23)14-17-28-15-2-3-16-28/h4-9,11-13,24,27H,2-3,10,14-20H2,1H3. The summed E-state index contributed by atoms with van der Waals surface area (Å²) in [5, 5.41) is 0. The maximum atomic E-state index is 5.29. The Morgan fingerprint density at radius 3 is 2.33 bits per heavy atom. The van der Waals surface area contributed by atoms with Crippen molar-refractivity contribution in [2.24, 2.45) is 11.8 Å². The molecule has 0 N–H and O–H groups in total. The van der Waals surface area contributed by atoms with Crippen LogP contribution < -0.4 is 4.74 Å². The Labute approximate surface area is 181 Å². The quantitative estimate of drug-likeness (QED) is 0.657. The van der Waals surface area contributed by atoms with Crippen LogP contribution in [0.25, 0.3) is 5.57 Å². The monoisotopic (exact) mass is 402 g/mol. The molecule has 2 saturated heterocycles. The molecule has 3 nitrogen and oxygen atoms in total. The molecule has 0 saturated carbocycles. The number of methoxy groups -OCH3 is 1. The molecule has 2 aliphatic heterocycles. The van der Waals surface area contributed by atoms with Gasteiger partial charge in [-0.05, 0) is 79.1 Å². The maximum absolute atomic E-state index is 5.29. The molecule has 2 heterocycles. The number of fused-ring (bicyclic) bond motifs is 1. The SMILES string of the molecule is COc1ccc(CN2CC3CC=C(c4ccc(CCN5CCCC5)cc4)C3C2)cc1. The summed E-state index contributed by atoms with van der Waals surface area (Å²) >= 11 is 0. The van der Waals surface area contributed by atoms with E-state index in [4.69, 9.17) is 4.74 Å². The highest BCUT2D eigenvalue weighted by Crippen LogP contribution is 2.43. The van der Waals surface area contributed by atoms with Gasteiger partial charge in [0.1, 0.15) is 5.75 Å². The summed E-state index contributed by atoms with van der Waals surface area (Å²) in [5.74, 6) is 2.41. The molecule has 0 aromatic heterocycles. The van der Waals surface area contributed by atoms with Gasteiger partial charge in [0, 0.05) is 32.1 Å². The van der Waals surface area contributed by atoms with Crippen LogP contribution >= 0.6 is 0 Å². The molecule has 0 amide bonds. The second-order valence-corrected chi connectivity index (χ2v) is 9.30. The van der Waals surface area contributed by atoms with Gasteiger partial charge in [0.2, 0.25) is 0 Å². The van der Waals surface area contributed by atoms with Gasteiger partial charge in [-0.15, -0.1) is 0 Å². The number of hydrogen-bond donors (Lipinski definition) is 0. The second kappa shape index (κ2) is 8.95. The van der Waals surface area contributed by atoms with E-state index in [-0.39, 0.29) is 0 Å². The summed E-state index contributed by atoms with van der Waals surface area (Å²) < 4.78 is 5.29. The van der Waals surface area contributed by atoms with Gasteiger partial charge in [-0.1, -0.05) is 42.5 Å². The zero-order chi connectivity index (χ0) is 20.3. The first-order chi connectivity index (χ1) is 14.8. The van der Waals surface area contributed by atoms with Crippen LogP contribution in [0.4, 0.5) is 0 Å². The molecule has 30 heavy (non-hydrogen) atoms. The number of likely N-dealkylation sites (tertiary alicyclic amines) is 2. The molecular weight excluding hydrogens is 368 g/mol. The van der Waals surface area contributed by atoms with E-state index in [0.29, 0.717) is 5.92 Å². The van der Waals surface area contributed by atoms with Crippen molar-refractivity contribution in [3.05, 3.63) is 71.3 Å². The minimum absolute atomic E-state index is 0.693. The van der Waals surface area contributed by atoms with E-state index in [2.05, 4.69) is 64.4 Å². The molecular formula is C27H34N2O. The zero-order valence-electron chi connectivity index (χ0n) is 18.2. The van der Waals surface area contributed by atoms with Crippen LogP contribution in [-0.4, -0.2) is 49.6 Å². The topological polar surface area (TPSA) is 15.7 Å². The molecule has 2 atom stereocenters. The highest BCUT2D eigenvalue weighted by Gasteiger charge is 2.38. The van der Waals surface area contributed by atoms with Gasteiger partial charge in [0.25, 0.3) is 0 Å². The van der Waals surface area contributed by atoms with Crippen LogP contribution in [0.1, 0.15) is 36.0 Å². The number of benzene rings is 2. The molecule has 0 radical (unpaired) electrons. The Balaban J connectivity index is 1.18. The second-order valence-electron chi connectivity index (χ2n) is 9.30. The fourth-order valence-electron chi connectivity index (χ4n) is 5.59. The average molecular weight is 403 g/mol. The molecule has 1 aliphatic carbocycles. The van der Waals surface area contributed by atoms with Crippen LogP contribution in [-0.2, 0) is 13.0 Å². The fraction of sp³-hybridized carbons (Fsp3) is 0.481. The lowest BCUT2D eigenvalue weighted by Crippen LogP contribution is -2.21. The largest absolute Gasteiger partial charge is 0.497 e. The minimum atomic E-state index is 0.693. The predicted molar refractivity (Wildman–Crippen MR) is 124 cm³/mol. The van der Waals surface area contributed by atoms with Gasteiger partial charge in [-0.2, -0.15) is 0 Å². The molecule has 158 valence electrons. The fourth-order valence-corrected chi connectivity index (χ4v) is 5.59. The van der Waals surface area contributed by atoms with Gasteiger partial charge in [-0.25, -0.2) is 0 Å². The van der Waals surface area contributed by atoms with E-state index < -0.39 is 0 Å². The van der Waals surface area contributed by atoms with E-state index in [0.717, 1.165) is 18.2 Å². The van der Waals surface area contributed by atoms with Crippen molar-refractivity contribution in [1.82, 2.24) is 9.80 Å². The number of rotatable bonds is 7. The van der Waals surface area contributed by atoms with E-state index in [1.54, 1.807) is 12.7 Å². The number of nitrogens with zero attached hydrogens (tertiary/aromatic N) is 2. The van der Waals surface area contributed by atoms with Crippen molar-refractivity contribution in [3.63, 3.8) is 0 Å². The molecule has 0 spiro atoms. The molecule has 3 heteroatoms. The molecule has 3 aliphatic rings. The van der Waals surface area contributed by atoms with E-state index in [1.165, 1.54) is 75.1 Å². The van der Waals surface area contributed by atoms with E-state index in [1.807, 2.05) is 0 Å². The number of ether oxygens (including phenoxy) is 1. The molecule has 2 aromatic rings. The van der Waals surface area contributed by atoms with Crippen molar-refractivity contribution in [3.8, 4) is 5.75 Å². The van der Waals surface area contributed by atoms with E-state index >= 15 is 0 Å². The third kappa shape index (κ3) is 4.33. The van der Waals surface area contributed by atoms with Gasteiger partial charge >= 0.3 is 0 Å². The van der Waals surface area contributed by atoms with E-state index in [9.17, 15) is 0 Å². The highest BCUT2D eigenvalue weighted by molar-refractivity contribution is 5.70. The van der Waals surface area contributed by atoms with Crippen LogP contribution in [0, 0.1) is 11.8 Å². The number of allylic oxidation sites excluding steroid dienone is 1. The summed E-state index contributed by atoms with van der Waals surface area (Å²) in [6.45, 7) is 7.23. The number of hydrogen-bond acceptors (Lipinski definition) is 3. The third-order valence-electron chi connectivity index (χ3n) is 7.32. The van der Waals surface area contributed by atoms with Crippen molar-refractivity contribution in [2.45, 2.75) is 32.2 Å². The molecule has 0 bridgehead atoms. The summed E-state index contributed by atoms with van der Waals surface area (Å²) in [4.78, 5) is 5.24. The summed E-state index contributed by atoms with van der Waals surface area (Å²) in [6.07, 6.45) is 7.69. The highest BCUT2D eigenvalue weighted by atomic mass is 16.5. The first kappa shape index (κ1) is 19.8. The molecule has 2 fully saturated rings. The first-order valence-electron chi connectivity index (χ1n) is 11.7. The Bertz CT molecular complexity index is 865. The Hall–Kier alpha value is -2.10. The van der Waals surface area contributed by atoms with Crippen LogP contribution in [0.15, 0.2) is 54.6 Å². The van der Waals surface area contributed by atoms with Crippen LogP contribution in [0.3, 0.4) is 0 Å². The summed E-state index contributed by atoms with van der Waals surface area (Å²) in [5.41, 5.74) is 5.89.